The van der Waals surface area contributed by atoms with Crippen molar-refractivity contribution in [3.8, 4) is 0 Å². The molecule has 5 nitrogen and oxygen atoms in total. The molecule has 0 spiro atoms. The molecular weight excluding hydrogens is 204 g/mol. The molecule has 1 aromatic heterocycles. The van der Waals surface area contributed by atoms with Crippen LogP contribution in [-0.2, 0) is 18.2 Å². The van der Waals surface area contributed by atoms with E-state index in [4.69, 9.17) is 10.6 Å². The van der Waals surface area contributed by atoms with Crippen molar-refractivity contribution in [2.75, 3.05) is 13.7 Å². The van der Waals surface area contributed by atoms with Crippen molar-refractivity contribution in [1.82, 2.24) is 15.2 Å². The molecule has 1 atom stereocenters. The van der Waals surface area contributed by atoms with Crippen molar-refractivity contribution in [3.05, 3.63) is 18.0 Å². The lowest BCUT2D eigenvalue weighted by Gasteiger charge is -2.14. The second kappa shape index (κ2) is 7.38. The third-order valence-electron chi connectivity index (χ3n) is 2.68. The first kappa shape index (κ1) is 13.2. The van der Waals surface area contributed by atoms with E-state index in [1.165, 1.54) is 5.56 Å². The van der Waals surface area contributed by atoms with Crippen LogP contribution in [0.5, 0.6) is 0 Å². The minimum absolute atomic E-state index is 0.357. The van der Waals surface area contributed by atoms with Gasteiger partial charge in [0, 0.05) is 33.0 Å². The zero-order chi connectivity index (χ0) is 11.8. The maximum atomic E-state index is 5.51. The normalized spacial score (nSPS) is 12.9. The molecule has 0 aliphatic heterocycles. The van der Waals surface area contributed by atoms with Crippen LogP contribution < -0.4 is 11.3 Å². The third-order valence-corrected chi connectivity index (χ3v) is 2.68. The number of rotatable bonds is 8. The largest absolute Gasteiger partial charge is 0.385 e. The topological polar surface area (TPSA) is 65.1 Å². The highest BCUT2D eigenvalue weighted by Gasteiger charge is 2.07. The molecule has 1 unspecified atom stereocenters. The summed E-state index contributed by atoms with van der Waals surface area (Å²) in [5, 5.41) is 4.14. The fraction of sp³-hybridized carbons (Fsp3) is 0.727. The van der Waals surface area contributed by atoms with Crippen molar-refractivity contribution in [2.24, 2.45) is 12.9 Å². The van der Waals surface area contributed by atoms with Gasteiger partial charge in [-0.05, 0) is 31.2 Å². The van der Waals surface area contributed by atoms with Gasteiger partial charge in [-0.1, -0.05) is 0 Å². The molecule has 0 fully saturated rings. The van der Waals surface area contributed by atoms with E-state index < -0.39 is 0 Å². The number of hydrazine groups is 1. The van der Waals surface area contributed by atoms with Crippen LogP contribution in [0.1, 0.15) is 24.8 Å². The van der Waals surface area contributed by atoms with E-state index in [0.717, 1.165) is 32.3 Å². The van der Waals surface area contributed by atoms with E-state index in [1.54, 1.807) is 7.11 Å². The average Bonchev–Trinajstić information content (AvgIpc) is 2.69. The Labute approximate surface area is 96.9 Å². The molecule has 92 valence electrons. The van der Waals surface area contributed by atoms with Crippen LogP contribution in [0.25, 0.3) is 0 Å². The lowest BCUT2D eigenvalue weighted by molar-refractivity contribution is 0.188. The van der Waals surface area contributed by atoms with Gasteiger partial charge in [-0.15, -0.1) is 0 Å². The number of aryl methyl sites for hydroxylation is 2. The number of nitrogens with zero attached hydrogens (tertiary/aromatic N) is 2. The van der Waals surface area contributed by atoms with Gasteiger partial charge in [0.2, 0.25) is 0 Å². The van der Waals surface area contributed by atoms with E-state index >= 15 is 0 Å². The van der Waals surface area contributed by atoms with Gasteiger partial charge in [0.25, 0.3) is 0 Å². The molecule has 0 amide bonds. The second-order valence-corrected chi connectivity index (χ2v) is 4.06. The second-order valence-electron chi connectivity index (χ2n) is 4.06. The lowest BCUT2D eigenvalue weighted by Crippen LogP contribution is -2.35. The maximum absolute atomic E-state index is 5.51. The number of methoxy groups -OCH3 is 1. The van der Waals surface area contributed by atoms with E-state index in [-0.39, 0.29) is 0 Å². The van der Waals surface area contributed by atoms with E-state index in [9.17, 15) is 0 Å². The fourth-order valence-corrected chi connectivity index (χ4v) is 1.73. The fourth-order valence-electron chi connectivity index (χ4n) is 1.73. The molecule has 1 rings (SSSR count). The summed E-state index contributed by atoms with van der Waals surface area (Å²) >= 11 is 0. The van der Waals surface area contributed by atoms with E-state index in [0.29, 0.717) is 6.04 Å². The van der Waals surface area contributed by atoms with Crippen LogP contribution in [0.15, 0.2) is 12.4 Å². The standard InChI is InChI=1S/C11H22N4O/c1-15-9-10(8-13-15)5-6-11(14-12)4-3-7-16-2/h8-9,11,14H,3-7,12H2,1-2H3. The first-order valence-corrected chi connectivity index (χ1v) is 5.69. The molecule has 0 aliphatic carbocycles. The summed E-state index contributed by atoms with van der Waals surface area (Å²) in [4.78, 5) is 0. The van der Waals surface area contributed by atoms with Crippen LogP contribution in [0.2, 0.25) is 0 Å². The first-order chi connectivity index (χ1) is 7.76. The van der Waals surface area contributed by atoms with Crippen molar-refractivity contribution >= 4 is 0 Å². The minimum Gasteiger partial charge on any atom is -0.385 e. The van der Waals surface area contributed by atoms with Gasteiger partial charge in [0.15, 0.2) is 0 Å². The van der Waals surface area contributed by atoms with Crippen LogP contribution >= 0.6 is 0 Å². The molecule has 0 bridgehead atoms. The summed E-state index contributed by atoms with van der Waals surface area (Å²) < 4.78 is 6.85. The monoisotopic (exact) mass is 226 g/mol. The summed E-state index contributed by atoms with van der Waals surface area (Å²) in [5.74, 6) is 5.51. The van der Waals surface area contributed by atoms with Gasteiger partial charge in [0.1, 0.15) is 0 Å². The van der Waals surface area contributed by atoms with E-state index in [2.05, 4.69) is 10.5 Å². The van der Waals surface area contributed by atoms with E-state index in [1.807, 2.05) is 24.1 Å². The number of aromatic nitrogens is 2. The third kappa shape index (κ3) is 4.74. The van der Waals surface area contributed by atoms with Crippen LogP contribution in [0.3, 0.4) is 0 Å². The molecule has 5 heteroatoms. The molecule has 0 aliphatic rings. The lowest BCUT2D eigenvalue weighted by atomic mass is 10.0. The van der Waals surface area contributed by atoms with Crippen molar-refractivity contribution < 1.29 is 4.74 Å². The Morgan fingerprint density at radius 3 is 2.94 bits per heavy atom. The van der Waals surface area contributed by atoms with Crippen LogP contribution in [-0.4, -0.2) is 29.5 Å². The Morgan fingerprint density at radius 2 is 2.38 bits per heavy atom. The Balaban J connectivity index is 2.22. The highest BCUT2D eigenvalue weighted by Crippen LogP contribution is 2.07. The predicted molar refractivity (Wildman–Crippen MR) is 63.8 cm³/mol. The number of nitrogens with two attached hydrogens (primary N) is 1. The summed E-state index contributed by atoms with van der Waals surface area (Å²) in [5.41, 5.74) is 4.11. The molecule has 0 radical (unpaired) electrons. The predicted octanol–water partition coefficient (Wildman–Crippen LogP) is 0.611. The number of hydrogen-bond donors (Lipinski definition) is 2. The molecule has 0 saturated heterocycles. The zero-order valence-electron chi connectivity index (χ0n) is 10.1. The summed E-state index contributed by atoms with van der Waals surface area (Å²) in [6.45, 7) is 0.797. The van der Waals surface area contributed by atoms with Gasteiger partial charge in [-0.3, -0.25) is 16.0 Å². The highest BCUT2D eigenvalue weighted by molar-refractivity contribution is 5.03. The van der Waals surface area contributed by atoms with Gasteiger partial charge in [-0.2, -0.15) is 5.10 Å². The van der Waals surface area contributed by atoms with Gasteiger partial charge >= 0.3 is 0 Å². The molecule has 16 heavy (non-hydrogen) atoms. The number of nitrogens with one attached hydrogen (secondary N) is 1. The SMILES string of the molecule is COCCCC(CCc1cnn(C)c1)NN. The molecule has 0 saturated carbocycles. The first-order valence-electron chi connectivity index (χ1n) is 5.69. The Hall–Kier alpha value is -0.910. The summed E-state index contributed by atoms with van der Waals surface area (Å²) in [7, 11) is 3.65. The van der Waals surface area contributed by atoms with Crippen molar-refractivity contribution in [3.63, 3.8) is 0 Å². The van der Waals surface area contributed by atoms with Crippen LogP contribution in [0.4, 0.5) is 0 Å². The Kier molecular flexibility index (Phi) is 6.07. The van der Waals surface area contributed by atoms with Gasteiger partial charge in [0.05, 0.1) is 6.20 Å². The van der Waals surface area contributed by atoms with Crippen molar-refractivity contribution in [1.29, 1.82) is 0 Å². The summed E-state index contributed by atoms with van der Waals surface area (Å²) in [6, 6.07) is 0.357. The molecule has 0 aromatic carbocycles. The highest BCUT2D eigenvalue weighted by atomic mass is 16.5. The average molecular weight is 226 g/mol. The summed E-state index contributed by atoms with van der Waals surface area (Å²) in [6.07, 6.45) is 8.08. The van der Waals surface area contributed by atoms with Crippen molar-refractivity contribution in [2.45, 2.75) is 31.7 Å². The molecule has 3 N–H and O–H groups in total. The quantitative estimate of drug-likeness (QED) is 0.387. The smallest absolute Gasteiger partial charge is 0.0521 e. The number of ether oxygens (including phenoxy) is 1. The molecule has 1 aromatic rings. The molecular formula is C11H22N4O. The number of hydrogen-bond acceptors (Lipinski definition) is 4. The van der Waals surface area contributed by atoms with Crippen LogP contribution in [0, 0.1) is 0 Å². The zero-order valence-corrected chi connectivity index (χ0v) is 10.1. The maximum Gasteiger partial charge on any atom is 0.0521 e. The minimum atomic E-state index is 0.357. The molecule has 1 heterocycles. The Bertz CT molecular complexity index is 287. The van der Waals surface area contributed by atoms with Gasteiger partial charge in [-0.25, -0.2) is 0 Å². The van der Waals surface area contributed by atoms with Gasteiger partial charge < -0.3 is 4.74 Å². The Morgan fingerprint density at radius 1 is 1.56 bits per heavy atom.